The minimum Gasteiger partial charge on any atom is -0.511 e. The van der Waals surface area contributed by atoms with Gasteiger partial charge in [-0.15, -0.1) is 0 Å². The number of aromatic nitrogens is 1. The van der Waals surface area contributed by atoms with Crippen LogP contribution in [0.15, 0.2) is 65.0 Å². The summed E-state index contributed by atoms with van der Waals surface area (Å²) in [5.74, 6) is -1.48. The molecule has 1 unspecified atom stereocenters. The Morgan fingerprint density at radius 2 is 1.79 bits per heavy atom. The molecular weight excluding hydrogens is 430 g/mol. The van der Waals surface area contributed by atoms with Crippen molar-refractivity contribution in [2.45, 2.75) is 40.0 Å². The summed E-state index contributed by atoms with van der Waals surface area (Å²) in [5, 5.41) is 18.6. The first-order valence-corrected chi connectivity index (χ1v) is 11.4. The number of Topliss-reactive ketones (excluding diaryl/α,β-unsaturated/α-hetero) is 1. The van der Waals surface area contributed by atoms with Gasteiger partial charge in [0.05, 0.1) is 23.9 Å². The largest absolute Gasteiger partial charge is 0.511 e. The van der Waals surface area contributed by atoms with Gasteiger partial charge in [-0.05, 0) is 23.3 Å². The van der Waals surface area contributed by atoms with Crippen molar-refractivity contribution in [1.82, 2.24) is 4.98 Å². The van der Waals surface area contributed by atoms with E-state index in [0.717, 1.165) is 21.7 Å². The van der Waals surface area contributed by atoms with Crippen LogP contribution in [0.3, 0.4) is 0 Å². The Morgan fingerprint density at radius 3 is 2.47 bits per heavy atom. The number of anilines is 1. The molecule has 3 aromatic rings. The molecule has 0 saturated carbocycles. The number of ketones is 1. The number of hydrogen-bond donors (Lipinski definition) is 2. The number of aliphatic hydroxyl groups is 1. The number of rotatable bonds is 6. The number of hydrogen-bond acceptors (Lipinski definition) is 7. The summed E-state index contributed by atoms with van der Waals surface area (Å²) in [6.45, 7) is 5.52. The van der Waals surface area contributed by atoms with E-state index in [0.29, 0.717) is 24.4 Å². The maximum Gasteiger partial charge on any atom is 0.316 e. The molecule has 1 atom stereocenters. The number of nitrogens with zero attached hydrogens (tertiary/aromatic N) is 2. The molecular formula is C27H29N3O4. The second-order valence-electron chi connectivity index (χ2n) is 9.25. The van der Waals surface area contributed by atoms with Crippen molar-refractivity contribution in [2.75, 3.05) is 12.5 Å². The van der Waals surface area contributed by atoms with Gasteiger partial charge in [-0.25, -0.2) is 4.98 Å². The average molecular weight is 460 g/mol. The molecule has 0 aliphatic heterocycles. The summed E-state index contributed by atoms with van der Waals surface area (Å²) in [5.41, 5.74) is 3.59. The molecule has 0 spiro atoms. The number of nitrogens with one attached hydrogen (secondary N) is 1. The Labute approximate surface area is 198 Å². The van der Waals surface area contributed by atoms with Crippen molar-refractivity contribution in [2.24, 2.45) is 16.4 Å². The maximum absolute atomic E-state index is 13.1. The first-order valence-electron chi connectivity index (χ1n) is 11.4. The number of carbonyl (C=O) groups is 2. The predicted molar refractivity (Wildman–Crippen MR) is 134 cm³/mol. The predicted octanol–water partition coefficient (Wildman–Crippen LogP) is 5.56. The van der Waals surface area contributed by atoms with E-state index in [1.807, 2.05) is 55.5 Å². The van der Waals surface area contributed by atoms with E-state index >= 15 is 0 Å². The van der Waals surface area contributed by atoms with Crippen LogP contribution in [-0.2, 0) is 14.3 Å². The van der Waals surface area contributed by atoms with Gasteiger partial charge in [0.15, 0.2) is 11.6 Å². The third-order valence-electron chi connectivity index (χ3n) is 6.32. The smallest absolute Gasteiger partial charge is 0.316 e. The first-order chi connectivity index (χ1) is 16.3. The van der Waals surface area contributed by atoms with E-state index in [4.69, 9.17) is 9.72 Å². The minimum absolute atomic E-state index is 0.0918. The molecule has 0 bridgehead atoms. The highest BCUT2D eigenvalue weighted by atomic mass is 16.5. The number of fused-ring (bicyclic) bond motifs is 3. The highest BCUT2D eigenvalue weighted by molar-refractivity contribution is 6.24. The normalized spacial score (nSPS) is 18.4. The van der Waals surface area contributed by atoms with Gasteiger partial charge in [-0.1, -0.05) is 69.7 Å². The van der Waals surface area contributed by atoms with Crippen LogP contribution in [-0.4, -0.2) is 34.7 Å². The van der Waals surface area contributed by atoms with E-state index in [2.05, 4.69) is 10.5 Å². The number of para-hydroxylation sites is 1. The number of carbonyl (C=O) groups excluding carboxylic acids is 2. The number of hydrazone groups is 1. The molecule has 0 saturated heterocycles. The molecule has 0 radical (unpaired) electrons. The molecule has 4 rings (SSSR count). The van der Waals surface area contributed by atoms with Crippen molar-refractivity contribution < 1.29 is 19.4 Å². The number of pyridine rings is 1. The molecule has 1 heterocycles. The minimum atomic E-state index is -0.938. The number of ether oxygens (including phenoxy) is 1. The Balaban J connectivity index is 1.82. The van der Waals surface area contributed by atoms with E-state index in [1.165, 1.54) is 7.11 Å². The number of allylic oxidation sites excluding steroid dienone is 1. The van der Waals surface area contributed by atoms with Crippen LogP contribution in [0.25, 0.3) is 21.7 Å². The van der Waals surface area contributed by atoms with Crippen LogP contribution in [0.4, 0.5) is 5.82 Å². The Morgan fingerprint density at radius 1 is 1.15 bits per heavy atom. The van der Waals surface area contributed by atoms with Crippen LogP contribution in [0.1, 0.15) is 40.0 Å². The maximum atomic E-state index is 13.1. The van der Waals surface area contributed by atoms with Gasteiger partial charge in [-0.2, -0.15) is 5.10 Å². The molecule has 176 valence electrons. The monoisotopic (exact) mass is 459 g/mol. The van der Waals surface area contributed by atoms with Gasteiger partial charge in [0.2, 0.25) is 0 Å². The summed E-state index contributed by atoms with van der Waals surface area (Å²) in [4.78, 5) is 30.3. The lowest BCUT2D eigenvalue weighted by Crippen LogP contribution is -2.41. The van der Waals surface area contributed by atoms with Crippen LogP contribution in [0.2, 0.25) is 0 Å². The molecule has 1 aromatic heterocycles. The summed E-state index contributed by atoms with van der Waals surface area (Å²) in [6.07, 6.45) is 1.24. The molecule has 2 N–H and O–H groups in total. The molecule has 7 heteroatoms. The van der Waals surface area contributed by atoms with E-state index < -0.39 is 17.3 Å². The molecule has 7 nitrogen and oxygen atoms in total. The van der Waals surface area contributed by atoms with Gasteiger partial charge >= 0.3 is 5.97 Å². The zero-order chi connectivity index (χ0) is 24.5. The summed E-state index contributed by atoms with van der Waals surface area (Å²) in [7, 11) is 1.28. The fraction of sp³-hybridized carbons (Fsp3) is 0.333. The highest BCUT2D eigenvalue weighted by Crippen LogP contribution is 2.42. The van der Waals surface area contributed by atoms with Crippen molar-refractivity contribution in [3.05, 3.63) is 59.9 Å². The molecule has 1 aliphatic rings. The van der Waals surface area contributed by atoms with Gasteiger partial charge in [0, 0.05) is 17.2 Å². The van der Waals surface area contributed by atoms with Crippen molar-refractivity contribution in [3.63, 3.8) is 0 Å². The lowest BCUT2D eigenvalue weighted by atomic mass is 9.67. The Kier molecular flexibility index (Phi) is 6.37. The first kappa shape index (κ1) is 23.4. The molecule has 0 fully saturated rings. The van der Waals surface area contributed by atoms with E-state index in [-0.39, 0.29) is 23.5 Å². The zero-order valence-electron chi connectivity index (χ0n) is 19.9. The molecule has 2 aromatic carbocycles. The SMILES string of the molecule is CCCC(=NNc1nc2ccccc2c2ccccc12)C1=C(O)C(C(=O)OC)C(C)(C)CC1=O. The second kappa shape index (κ2) is 9.25. The van der Waals surface area contributed by atoms with Gasteiger partial charge in [-0.3, -0.25) is 15.0 Å². The van der Waals surface area contributed by atoms with Crippen molar-refractivity contribution in [1.29, 1.82) is 0 Å². The average Bonchev–Trinajstić information content (AvgIpc) is 2.81. The molecule has 1 aliphatic carbocycles. The Bertz CT molecular complexity index is 1340. The molecule has 0 amide bonds. The van der Waals surface area contributed by atoms with Crippen molar-refractivity contribution in [3.8, 4) is 0 Å². The quantitative estimate of drug-likeness (QED) is 0.217. The third kappa shape index (κ3) is 4.14. The fourth-order valence-electron chi connectivity index (χ4n) is 4.70. The summed E-state index contributed by atoms with van der Waals surface area (Å²) < 4.78 is 4.93. The fourth-order valence-corrected chi connectivity index (χ4v) is 4.70. The zero-order valence-corrected chi connectivity index (χ0v) is 19.9. The van der Waals surface area contributed by atoms with E-state index in [9.17, 15) is 14.7 Å². The third-order valence-corrected chi connectivity index (χ3v) is 6.32. The van der Waals surface area contributed by atoms with Crippen LogP contribution < -0.4 is 5.43 Å². The highest BCUT2D eigenvalue weighted by Gasteiger charge is 2.47. The van der Waals surface area contributed by atoms with Crippen LogP contribution >= 0.6 is 0 Å². The van der Waals surface area contributed by atoms with Crippen LogP contribution in [0.5, 0.6) is 0 Å². The Hall–Kier alpha value is -3.74. The lowest BCUT2D eigenvalue weighted by Gasteiger charge is -2.36. The van der Waals surface area contributed by atoms with E-state index in [1.54, 1.807) is 13.8 Å². The van der Waals surface area contributed by atoms with Gasteiger partial charge < -0.3 is 9.84 Å². The number of esters is 1. The molecule has 34 heavy (non-hydrogen) atoms. The number of aliphatic hydroxyl groups excluding tert-OH is 1. The standard InChI is InChI=1S/C27H29N3O4/c1-5-10-20(22-21(31)15-27(2,3)23(24(22)32)26(33)34-4)29-30-25-18-13-7-6-11-16(18)17-12-8-9-14-19(17)28-25/h6-9,11-14,23,32H,5,10,15H2,1-4H3,(H,28,30). The topological polar surface area (TPSA) is 101 Å². The second-order valence-corrected chi connectivity index (χ2v) is 9.25. The lowest BCUT2D eigenvalue weighted by molar-refractivity contribution is -0.150. The van der Waals surface area contributed by atoms with Gasteiger partial charge in [0.25, 0.3) is 0 Å². The van der Waals surface area contributed by atoms with Crippen LogP contribution in [0, 0.1) is 11.3 Å². The summed E-state index contributed by atoms with van der Waals surface area (Å²) in [6, 6.07) is 15.8. The summed E-state index contributed by atoms with van der Waals surface area (Å²) >= 11 is 0. The number of methoxy groups -OCH3 is 1. The van der Waals surface area contributed by atoms with Gasteiger partial charge in [0.1, 0.15) is 11.7 Å². The number of benzene rings is 2. The van der Waals surface area contributed by atoms with Crippen molar-refractivity contribution >= 4 is 45.0 Å².